The van der Waals surface area contributed by atoms with E-state index < -0.39 is 30.5 Å². The van der Waals surface area contributed by atoms with Gasteiger partial charge in [-0.3, -0.25) is 0 Å². The Kier molecular flexibility index (Phi) is 18.6. The minimum Gasteiger partial charge on any atom is -0.478 e. The molecular formula is C16H26O8. The SMILES string of the molecule is C=C(C)C(=O)OC(O)CC.C=CC(=O)O.C=CC(=O)OC(O)CC. The van der Waals surface area contributed by atoms with Gasteiger partial charge in [-0.05, 0) is 6.92 Å². The monoisotopic (exact) mass is 346 g/mol. The van der Waals surface area contributed by atoms with Gasteiger partial charge in [0.1, 0.15) is 0 Å². The molecule has 3 N–H and O–H groups in total. The molecule has 0 amide bonds. The zero-order valence-corrected chi connectivity index (χ0v) is 14.2. The number of carbonyl (C=O) groups is 3. The summed E-state index contributed by atoms with van der Waals surface area (Å²) in [5.41, 5.74) is 0.299. The fourth-order valence-corrected chi connectivity index (χ4v) is 0.573. The van der Waals surface area contributed by atoms with Crippen molar-refractivity contribution in [1.82, 2.24) is 0 Å². The molecule has 8 heteroatoms. The lowest BCUT2D eigenvalue weighted by molar-refractivity contribution is -0.163. The van der Waals surface area contributed by atoms with E-state index in [1.807, 2.05) is 0 Å². The van der Waals surface area contributed by atoms with Crippen LogP contribution in [0.2, 0.25) is 0 Å². The van der Waals surface area contributed by atoms with Gasteiger partial charge >= 0.3 is 17.9 Å². The third-order valence-corrected chi connectivity index (χ3v) is 1.88. The molecular weight excluding hydrogens is 320 g/mol. The van der Waals surface area contributed by atoms with Gasteiger partial charge in [-0.2, -0.15) is 0 Å². The lowest BCUT2D eigenvalue weighted by Gasteiger charge is -2.08. The number of carboxylic acid groups (broad SMARTS) is 1. The van der Waals surface area contributed by atoms with Crippen LogP contribution in [-0.2, 0) is 23.9 Å². The molecule has 0 rings (SSSR count). The van der Waals surface area contributed by atoms with Crippen LogP contribution in [0.15, 0.2) is 37.5 Å². The lowest BCUT2D eigenvalue weighted by atomic mass is 10.3. The number of rotatable bonds is 7. The highest BCUT2D eigenvalue weighted by Gasteiger charge is 2.08. The summed E-state index contributed by atoms with van der Waals surface area (Å²) in [5.74, 6) is -2.12. The van der Waals surface area contributed by atoms with Gasteiger partial charge in [0.2, 0.25) is 12.6 Å². The molecule has 0 radical (unpaired) electrons. The first-order chi connectivity index (χ1) is 11.0. The molecule has 0 aliphatic heterocycles. The summed E-state index contributed by atoms with van der Waals surface area (Å²) in [7, 11) is 0. The van der Waals surface area contributed by atoms with Gasteiger partial charge in [0.15, 0.2) is 0 Å². The molecule has 2 unspecified atom stereocenters. The molecule has 0 fully saturated rings. The minimum absolute atomic E-state index is 0.299. The van der Waals surface area contributed by atoms with Crippen LogP contribution in [0.4, 0.5) is 0 Å². The smallest absolute Gasteiger partial charge is 0.335 e. The van der Waals surface area contributed by atoms with Gasteiger partial charge < -0.3 is 24.8 Å². The molecule has 0 saturated carbocycles. The van der Waals surface area contributed by atoms with Crippen LogP contribution in [-0.4, -0.2) is 45.8 Å². The van der Waals surface area contributed by atoms with Gasteiger partial charge in [-0.1, -0.05) is 33.6 Å². The summed E-state index contributed by atoms with van der Waals surface area (Å²) >= 11 is 0. The van der Waals surface area contributed by atoms with E-state index in [4.69, 9.17) is 15.3 Å². The van der Waals surface area contributed by atoms with E-state index in [1.54, 1.807) is 13.8 Å². The Balaban J connectivity index is -0.000000291. The standard InChI is InChI=1S/C7H12O3.C6H10O3.C3H4O2/c1-4-6(8)10-7(9)5(2)3;1-3-5(7)9-6(8)4-2;1-2-3(4)5/h6,8H,2,4H2,1,3H3;3,6,8H,1,4H2,2H3;2H,1H2,(H,4,5). The molecule has 0 aliphatic carbocycles. The number of hydrogen-bond donors (Lipinski definition) is 3. The number of carbonyl (C=O) groups excluding carboxylic acids is 2. The van der Waals surface area contributed by atoms with Gasteiger partial charge in [0.25, 0.3) is 0 Å². The third-order valence-electron chi connectivity index (χ3n) is 1.88. The van der Waals surface area contributed by atoms with Crippen LogP contribution in [0.3, 0.4) is 0 Å². The number of ether oxygens (including phenoxy) is 2. The van der Waals surface area contributed by atoms with E-state index in [0.29, 0.717) is 18.4 Å². The molecule has 0 aromatic carbocycles. The van der Waals surface area contributed by atoms with Crippen LogP contribution >= 0.6 is 0 Å². The van der Waals surface area contributed by atoms with E-state index >= 15 is 0 Å². The second kappa shape index (κ2) is 16.9. The summed E-state index contributed by atoms with van der Waals surface area (Å²) in [6.45, 7) is 14.4. The molecule has 0 aliphatic rings. The molecule has 0 saturated heterocycles. The number of carboxylic acids is 1. The minimum atomic E-state index is -0.996. The summed E-state index contributed by atoms with van der Waals surface area (Å²) in [6, 6.07) is 0. The van der Waals surface area contributed by atoms with Crippen molar-refractivity contribution in [3.63, 3.8) is 0 Å². The van der Waals surface area contributed by atoms with Crippen molar-refractivity contribution in [3.8, 4) is 0 Å². The molecule has 0 spiro atoms. The second-order valence-corrected chi connectivity index (χ2v) is 4.09. The fourth-order valence-electron chi connectivity index (χ4n) is 0.573. The second-order valence-electron chi connectivity index (χ2n) is 4.09. The van der Waals surface area contributed by atoms with Crippen molar-refractivity contribution in [3.05, 3.63) is 37.5 Å². The van der Waals surface area contributed by atoms with Crippen molar-refractivity contribution < 1.29 is 39.2 Å². The van der Waals surface area contributed by atoms with Crippen LogP contribution < -0.4 is 0 Å². The Morgan fingerprint density at radius 3 is 1.62 bits per heavy atom. The lowest BCUT2D eigenvalue weighted by Crippen LogP contribution is -2.16. The predicted molar refractivity (Wildman–Crippen MR) is 87.6 cm³/mol. The van der Waals surface area contributed by atoms with E-state index in [0.717, 1.165) is 12.2 Å². The first kappa shape index (κ1) is 26.4. The van der Waals surface area contributed by atoms with Crippen LogP contribution in [0.1, 0.15) is 33.6 Å². The topological polar surface area (TPSA) is 130 Å². The zero-order chi connectivity index (χ0) is 19.7. The van der Waals surface area contributed by atoms with Crippen molar-refractivity contribution in [2.24, 2.45) is 0 Å². The highest BCUT2D eigenvalue weighted by atomic mass is 16.6. The number of aliphatic hydroxyl groups excluding tert-OH is 2. The van der Waals surface area contributed by atoms with E-state index in [1.165, 1.54) is 6.92 Å². The normalized spacial score (nSPS) is 11.0. The number of aliphatic carboxylic acids is 1. The first-order valence-electron chi connectivity index (χ1n) is 6.96. The summed E-state index contributed by atoms with van der Waals surface area (Å²) in [5, 5.41) is 25.1. The van der Waals surface area contributed by atoms with E-state index in [2.05, 4.69) is 29.2 Å². The summed E-state index contributed by atoms with van der Waals surface area (Å²) < 4.78 is 8.83. The molecule has 2 atom stereocenters. The maximum atomic E-state index is 10.6. The van der Waals surface area contributed by atoms with Crippen molar-refractivity contribution >= 4 is 17.9 Å². The number of hydrogen-bond acceptors (Lipinski definition) is 7. The number of esters is 2. The van der Waals surface area contributed by atoms with Crippen molar-refractivity contribution in [2.45, 2.75) is 46.2 Å². The van der Waals surface area contributed by atoms with E-state index in [-0.39, 0.29) is 0 Å². The maximum absolute atomic E-state index is 10.6. The van der Waals surface area contributed by atoms with Gasteiger partial charge in [0, 0.05) is 30.6 Å². The fraction of sp³-hybridized carbons (Fsp3) is 0.438. The Bertz CT molecular complexity index is 428. The number of aliphatic hydroxyl groups is 2. The van der Waals surface area contributed by atoms with Crippen molar-refractivity contribution in [2.75, 3.05) is 0 Å². The third kappa shape index (κ3) is 21.8. The highest BCUT2D eigenvalue weighted by molar-refractivity contribution is 5.87. The molecule has 8 nitrogen and oxygen atoms in total. The Morgan fingerprint density at radius 2 is 1.38 bits per heavy atom. The Hall–Kier alpha value is -2.45. The molecule has 0 aromatic rings. The average Bonchev–Trinajstić information content (AvgIpc) is 2.55. The Labute approximate surface area is 141 Å². The van der Waals surface area contributed by atoms with Crippen LogP contribution in [0.5, 0.6) is 0 Å². The average molecular weight is 346 g/mol. The van der Waals surface area contributed by atoms with Gasteiger partial charge in [0.05, 0.1) is 0 Å². The van der Waals surface area contributed by atoms with Gasteiger partial charge in [-0.25, -0.2) is 14.4 Å². The highest BCUT2D eigenvalue weighted by Crippen LogP contribution is 1.98. The Morgan fingerprint density at radius 1 is 1.00 bits per heavy atom. The molecule has 0 heterocycles. The summed E-state index contributed by atoms with van der Waals surface area (Å²) in [4.78, 5) is 30.2. The van der Waals surface area contributed by atoms with Crippen LogP contribution in [0, 0.1) is 0 Å². The molecule has 24 heavy (non-hydrogen) atoms. The van der Waals surface area contributed by atoms with E-state index in [9.17, 15) is 14.4 Å². The maximum Gasteiger partial charge on any atom is 0.335 e. The largest absolute Gasteiger partial charge is 0.478 e. The van der Waals surface area contributed by atoms with Crippen LogP contribution in [0.25, 0.3) is 0 Å². The van der Waals surface area contributed by atoms with Gasteiger partial charge in [-0.15, -0.1) is 0 Å². The molecule has 0 bridgehead atoms. The summed E-state index contributed by atoms with van der Waals surface area (Å²) in [6.07, 6.45) is 0.664. The molecule has 0 aromatic heterocycles. The predicted octanol–water partition coefficient (Wildman–Crippen LogP) is 1.54. The first-order valence-corrected chi connectivity index (χ1v) is 6.96. The quantitative estimate of drug-likeness (QED) is 0.359. The molecule has 138 valence electrons. The van der Waals surface area contributed by atoms with Crippen molar-refractivity contribution in [1.29, 1.82) is 0 Å². The zero-order valence-electron chi connectivity index (χ0n) is 14.2.